The summed E-state index contributed by atoms with van der Waals surface area (Å²) in [7, 11) is 0. The second-order valence-electron chi connectivity index (χ2n) is 8.43. The van der Waals surface area contributed by atoms with Crippen LogP contribution in [0.15, 0.2) is 0 Å². The quantitative estimate of drug-likeness (QED) is 0.158. The molecule has 2 rings (SSSR count). The van der Waals surface area contributed by atoms with E-state index >= 15 is 0 Å². The van der Waals surface area contributed by atoms with Gasteiger partial charge in [0, 0.05) is 6.42 Å². The summed E-state index contributed by atoms with van der Waals surface area (Å²) >= 11 is 0. The summed E-state index contributed by atoms with van der Waals surface area (Å²) in [5.41, 5.74) is -1.20. The number of amides is 1. The Morgan fingerprint density at radius 2 is 1.00 bits per heavy atom. The summed E-state index contributed by atoms with van der Waals surface area (Å²) in [6.07, 6.45) is -3.62. The molecule has 2 aromatic carbocycles. The van der Waals surface area contributed by atoms with Crippen LogP contribution in [0.1, 0.15) is 33.6 Å². The number of rotatable bonds is 7. The molecule has 39 heavy (non-hydrogen) atoms. The number of esters is 2. The van der Waals surface area contributed by atoms with Crippen molar-refractivity contribution in [1.82, 2.24) is 5.32 Å². The molecule has 2 aromatic rings. The largest absolute Gasteiger partial charge is 0.444 e. The van der Waals surface area contributed by atoms with Crippen LogP contribution in [0.3, 0.4) is 0 Å². The molecule has 0 spiro atoms. The van der Waals surface area contributed by atoms with Crippen LogP contribution in [0.25, 0.3) is 0 Å². The molecular formula is C22H15F10NO6. The van der Waals surface area contributed by atoms with Gasteiger partial charge in [0.2, 0.25) is 69.7 Å². The van der Waals surface area contributed by atoms with Gasteiger partial charge in [-0.3, -0.25) is 4.79 Å². The van der Waals surface area contributed by atoms with Crippen molar-refractivity contribution in [2.24, 2.45) is 0 Å². The zero-order chi connectivity index (χ0) is 30.0. The fourth-order valence-electron chi connectivity index (χ4n) is 2.65. The van der Waals surface area contributed by atoms with E-state index < -0.39 is 112 Å². The lowest BCUT2D eigenvalue weighted by atomic mass is 10.1. The molecule has 0 radical (unpaired) electrons. The van der Waals surface area contributed by atoms with Crippen LogP contribution < -0.4 is 14.8 Å². The van der Waals surface area contributed by atoms with E-state index in [9.17, 15) is 58.3 Å². The van der Waals surface area contributed by atoms with Crippen molar-refractivity contribution in [2.75, 3.05) is 0 Å². The van der Waals surface area contributed by atoms with E-state index in [-0.39, 0.29) is 0 Å². The van der Waals surface area contributed by atoms with Crippen LogP contribution in [0, 0.1) is 58.2 Å². The number of carbonyl (C=O) groups excluding carboxylic acids is 3. The number of hydrogen-bond acceptors (Lipinski definition) is 6. The fourth-order valence-corrected chi connectivity index (χ4v) is 2.65. The second-order valence-corrected chi connectivity index (χ2v) is 8.43. The van der Waals surface area contributed by atoms with E-state index in [4.69, 9.17) is 4.74 Å². The summed E-state index contributed by atoms with van der Waals surface area (Å²) in [6.45, 7) is 4.07. The molecule has 0 aliphatic carbocycles. The topological polar surface area (TPSA) is 90.9 Å². The van der Waals surface area contributed by atoms with Gasteiger partial charge in [-0.25, -0.2) is 35.9 Å². The molecule has 1 atom stereocenters. The summed E-state index contributed by atoms with van der Waals surface area (Å²) in [5.74, 6) is -32.9. The summed E-state index contributed by atoms with van der Waals surface area (Å²) in [5, 5.41) is 1.77. The van der Waals surface area contributed by atoms with Gasteiger partial charge in [-0.1, -0.05) is 0 Å². The summed E-state index contributed by atoms with van der Waals surface area (Å²) in [6, 6.07) is -2.18. The van der Waals surface area contributed by atoms with Crippen molar-refractivity contribution in [3.8, 4) is 11.5 Å². The molecule has 0 unspecified atom stereocenters. The minimum absolute atomic E-state index is 1.03. The molecule has 7 nitrogen and oxygen atoms in total. The van der Waals surface area contributed by atoms with Gasteiger partial charge < -0.3 is 19.5 Å². The predicted octanol–water partition coefficient (Wildman–Crippen LogP) is 5.26. The number of alkyl carbamates (subject to hydrolysis) is 1. The Morgan fingerprint density at radius 3 is 1.38 bits per heavy atom. The lowest BCUT2D eigenvalue weighted by molar-refractivity contribution is -0.138. The fraction of sp³-hybridized carbons (Fsp3) is 0.318. The van der Waals surface area contributed by atoms with Gasteiger partial charge in [-0.2, -0.15) is 17.6 Å². The number of benzene rings is 2. The van der Waals surface area contributed by atoms with Crippen molar-refractivity contribution in [3.63, 3.8) is 0 Å². The monoisotopic (exact) mass is 579 g/mol. The molecular weight excluding hydrogens is 564 g/mol. The number of carbonyl (C=O) groups is 3. The molecule has 0 saturated heterocycles. The first kappa shape index (κ1) is 31.2. The Morgan fingerprint density at radius 1 is 0.641 bits per heavy atom. The Kier molecular flexibility index (Phi) is 9.41. The molecule has 214 valence electrons. The van der Waals surface area contributed by atoms with Gasteiger partial charge in [0.25, 0.3) is 0 Å². The van der Waals surface area contributed by atoms with Gasteiger partial charge in [-0.05, 0) is 27.2 Å². The normalized spacial score (nSPS) is 12.1. The number of ether oxygens (including phenoxy) is 3. The van der Waals surface area contributed by atoms with E-state index in [2.05, 4.69) is 9.47 Å². The maximum absolute atomic E-state index is 13.9. The maximum atomic E-state index is 13.9. The Balaban J connectivity index is 2.30. The highest BCUT2D eigenvalue weighted by atomic mass is 19.2. The SMILES string of the molecule is CC(C)(C)OC(=O)N[C@H](CCC(=O)Oc1c(F)c(F)c(F)c(F)c1F)C(=O)Oc1c(F)c(F)c(F)c(F)c1F. The predicted molar refractivity (Wildman–Crippen MR) is 106 cm³/mol. The minimum atomic E-state index is -2.58. The van der Waals surface area contributed by atoms with Crippen LogP contribution in [0.5, 0.6) is 11.5 Å². The van der Waals surface area contributed by atoms with Gasteiger partial charge in [0.1, 0.15) is 11.6 Å². The summed E-state index contributed by atoms with van der Waals surface area (Å²) < 4.78 is 148. The van der Waals surface area contributed by atoms with Crippen LogP contribution in [-0.4, -0.2) is 29.7 Å². The van der Waals surface area contributed by atoms with E-state index in [0.29, 0.717) is 0 Å². The Hall–Kier alpha value is -4.05. The Labute approximate surface area is 211 Å². The molecule has 0 saturated carbocycles. The molecule has 1 amide bonds. The highest BCUT2D eigenvalue weighted by Gasteiger charge is 2.33. The molecule has 0 bridgehead atoms. The van der Waals surface area contributed by atoms with E-state index in [0.717, 1.165) is 0 Å². The van der Waals surface area contributed by atoms with Crippen molar-refractivity contribution in [2.45, 2.75) is 45.3 Å². The van der Waals surface area contributed by atoms with Crippen LogP contribution >= 0.6 is 0 Å². The van der Waals surface area contributed by atoms with Gasteiger partial charge in [0.15, 0.2) is 0 Å². The standard InChI is InChI=1S/C22H15F10NO6/c1-22(2,3)39-21(36)33-6(20(35)38-19-16(31)12(27)9(24)13(28)17(19)32)4-5-7(34)37-18-14(29)10(25)8(23)11(26)15(18)30/h6H,4-5H2,1-3H3,(H,33,36)/t6-/m1/s1. The van der Waals surface area contributed by atoms with Crippen molar-refractivity contribution < 1.29 is 72.5 Å². The van der Waals surface area contributed by atoms with Crippen LogP contribution in [0.4, 0.5) is 48.7 Å². The second kappa shape index (κ2) is 11.8. The minimum Gasteiger partial charge on any atom is -0.444 e. The molecule has 0 aliphatic rings. The first-order valence-corrected chi connectivity index (χ1v) is 10.3. The van der Waals surface area contributed by atoms with Gasteiger partial charge >= 0.3 is 18.0 Å². The first-order chi connectivity index (χ1) is 17.9. The molecule has 0 aliphatic heterocycles. The average Bonchev–Trinajstić information content (AvgIpc) is 2.85. The van der Waals surface area contributed by atoms with Gasteiger partial charge in [0.05, 0.1) is 0 Å². The zero-order valence-corrected chi connectivity index (χ0v) is 19.7. The first-order valence-electron chi connectivity index (χ1n) is 10.3. The number of nitrogens with one attached hydrogen (secondary N) is 1. The number of halogens is 10. The third-order valence-electron chi connectivity index (χ3n) is 4.37. The van der Waals surface area contributed by atoms with Crippen molar-refractivity contribution in [3.05, 3.63) is 58.2 Å². The maximum Gasteiger partial charge on any atom is 0.408 e. The Bertz CT molecular complexity index is 1270. The van der Waals surface area contributed by atoms with Gasteiger partial charge in [-0.15, -0.1) is 0 Å². The molecule has 1 N–H and O–H groups in total. The zero-order valence-electron chi connectivity index (χ0n) is 19.7. The molecule has 17 heteroatoms. The van der Waals surface area contributed by atoms with E-state index in [1.807, 2.05) is 0 Å². The average molecular weight is 579 g/mol. The number of hydrogen-bond donors (Lipinski definition) is 1. The lowest BCUT2D eigenvalue weighted by Gasteiger charge is -2.23. The van der Waals surface area contributed by atoms with Crippen LogP contribution in [-0.2, 0) is 14.3 Å². The van der Waals surface area contributed by atoms with E-state index in [1.54, 1.807) is 5.32 Å². The van der Waals surface area contributed by atoms with Crippen molar-refractivity contribution >= 4 is 18.0 Å². The summed E-state index contributed by atoms with van der Waals surface area (Å²) in [4.78, 5) is 36.5. The lowest BCUT2D eigenvalue weighted by Crippen LogP contribution is -2.45. The third kappa shape index (κ3) is 7.08. The van der Waals surface area contributed by atoms with E-state index in [1.165, 1.54) is 20.8 Å². The molecule has 0 fully saturated rings. The van der Waals surface area contributed by atoms with Crippen LogP contribution in [0.2, 0.25) is 0 Å². The third-order valence-corrected chi connectivity index (χ3v) is 4.37. The van der Waals surface area contributed by atoms with Crippen molar-refractivity contribution in [1.29, 1.82) is 0 Å². The highest BCUT2D eigenvalue weighted by molar-refractivity contribution is 5.84. The smallest absolute Gasteiger partial charge is 0.408 e. The molecule has 0 heterocycles. The highest BCUT2D eigenvalue weighted by Crippen LogP contribution is 2.31. The molecule has 0 aromatic heterocycles.